The van der Waals surface area contributed by atoms with E-state index >= 15 is 0 Å². The van der Waals surface area contributed by atoms with Gasteiger partial charge in [-0.15, -0.1) is 0 Å². The van der Waals surface area contributed by atoms with Gasteiger partial charge in [-0.3, -0.25) is 0 Å². The number of aromatic nitrogens is 1. The second-order valence-electron chi connectivity index (χ2n) is 6.68. The predicted molar refractivity (Wildman–Crippen MR) is 98.6 cm³/mol. The smallest absolute Gasteiger partial charge is 0.0490 e. The molecular weight excluding hydrogens is 278 g/mol. The lowest BCUT2D eigenvalue weighted by Crippen LogP contribution is -2.19. The molecule has 1 unspecified atom stereocenters. The van der Waals surface area contributed by atoms with Crippen molar-refractivity contribution in [2.45, 2.75) is 25.7 Å². The highest BCUT2D eigenvalue weighted by atomic mass is 14.7. The Balaban J connectivity index is 1.71. The van der Waals surface area contributed by atoms with E-state index in [2.05, 4.69) is 91.8 Å². The zero-order chi connectivity index (χ0) is 15.9. The van der Waals surface area contributed by atoms with E-state index in [4.69, 9.17) is 0 Å². The minimum atomic E-state index is 0.0901. The number of nitrogens with one attached hydrogen (secondary N) is 1. The van der Waals surface area contributed by atoms with Crippen molar-refractivity contribution in [1.82, 2.24) is 4.98 Å². The highest BCUT2D eigenvalue weighted by molar-refractivity contribution is 5.96. The molecular formula is C22H21N. The van der Waals surface area contributed by atoms with Crippen molar-refractivity contribution in [3.8, 4) is 0 Å². The molecule has 1 aliphatic carbocycles. The topological polar surface area (TPSA) is 15.8 Å². The van der Waals surface area contributed by atoms with E-state index in [0.717, 1.165) is 6.42 Å². The fraction of sp³-hybridized carbons (Fsp3) is 0.182. The number of fused-ring (bicyclic) bond motifs is 1. The summed E-state index contributed by atoms with van der Waals surface area (Å²) in [6.45, 7) is 4.46. The summed E-state index contributed by atoms with van der Waals surface area (Å²) in [5.74, 6) is 0. The highest BCUT2D eigenvalue weighted by Gasteiger charge is 2.25. The Morgan fingerprint density at radius 2 is 1.83 bits per heavy atom. The van der Waals surface area contributed by atoms with Crippen LogP contribution in [0.25, 0.3) is 16.5 Å². The molecule has 1 atom stereocenters. The fourth-order valence-electron chi connectivity index (χ4n) is 3.51. The van der Waals surface area contributed by atoms with E-state index in [9.17, 15) is 0 Å². The minimum Gasteiger partial charge on any atom is -0.360 e. The van der Waals surface area contributed by atoms with Gasteiger partial charge in [-0.1, -0.05) is 73.7 Å². The maximum atomic E-state index is 3.43. The first-order valence-corrected chi connectivity index (χ1v) is 8.19. The third-order valence-electron chi connectivity index (χ3n) is 5.04. The van der Waals surface area contributed by atoms with Gasteiger partial charge in [0, 0.05) is 28.1 Å². The van der Waals surface area contributed by atoms with Gasteiger partial charge in [-0.25, -0.2) is 0 Å². The van der Waals surface area contributed by atoms with E-state index in [1.165, 1.54) is 33.2 Å². The summed E-state index contributed by atoms with van der Waals surface area (Å²) in [5.41, 5.74) is 6.62. The molecule has 3 aromatic rings. The predicted octanol–water partition coefficient (Wildman–Crippen LogP) is 5.78. The summed E-state index contributed by atoms with van der Waals surface area (Å²) in [6, 6.07) is 17.3. The molecule has 23 heavy (non-hydrogen) atoms. The second kappa shape index (κ2) is 5.27. The van der Waals surface area contributed by atoms with Crippen molar-refractivity contribution < 1.29 is 0 Å². The first kappa shape index (κ1) is 14.1. The standard InChI is InChI=1S/C22H21N/c1-16-7-6-10-19-20(15-23-21(16)19)17-11-13-22(2,14-12-17)18-8-4-3-5-9-18/h3-13,15,23H,14H2,1-2H3. The third kappa shape index (κ3) is 2.33. The average molecular weight is 299 g/mol. The molecule has 2 aromatic carbocycles. The number of benzene rings is 2. The number of hydrogen-bond donors (Lipinski definition) is 1. The maximum Gasteiger partial charge on any atom is 0.0490 e. The molecule has 1 heterocycles. The maximum absolute atomic E-state index is 3.43. The third-order valence-corrected chi connectivity index (χ3v) is 5.04. The molecule has 1 N–H and O–H groups in total. The first-order valence-electron chi connectivity index (χ1n) is 8.19. The normalized spacial score (nSPS) is 20.7. The molecule has 1 heteroatoms. The monoisotopic (exact) mass is 299 g/mol. The number of allylic oxidation sites excluding steroid dienone is 4. The summed E-state index contributed by atoms with van der Waals surface area (Å²) in [7, 11) is 0. The summed E-state index contributed by atoms with van der Waals surface area (Å²) >= 11 is 0. The average Bonchev–Trinajstić information content (AvgIpc) is 3.02. The SMILES string of the molecule is Cc1cccc2c(C3=CCC(C)(c4ccccc4)C=C3)c[nH]c12. The molecule has 0 aliphatic heterocycles. The second-order valence-corrected chi connectivity index (χ2v) is 6.68. The molecule has 0 fully saturated rings. The van der Waals surface area contributed by atoms with Crippen LogP contribution >= 0.6 is 0 Å². The van der Waals surface area contributed by atoms with E-state index in [1.807, 2.05) is 0 Å². The van der Waals surface area contributed by atoms with E-state index in [1.54, 1.807) is 0 Å². The van der Waals surface area contributed by atoms with Crippen molar-refractivity contribution in [3.05, 3.63) is 89.6 Å². The van der Waals surface area contributed by atoms with Gasteiger partial charge in [-0.05, 0) is 30.0 Å². The van der Waals surface area contributed by atoms with Crippen molar-refractivity contribution in [1.29, 1.82) is 0 Å². The Hall–Kier alpha value is -2.54. The van der Waals surface area contributed by atoms with Gasteiger partial charge in [0.15, 0.2) is 0 Å². The van der Waals surface area contributed by atoms with Gasteiger partial charge in [0.2, 0.25) is 0 Å². The number of hydrogen-bond acceptors (Lipinski definition) is 0. The molecule has 4 rings (SSSR count). The quantitative estimate of drug-likeness (QED) is 0.617. The number of aryl methyl sites for hydroxylation is 1. The van der Waals surface area contributed by atoms with Crippen molar-refractivity contribution >= 4 is 16.5 Å². The fourth-order valence-corrected chi connectivity index (χ4v) is 3.51. The Morgan fingerprint density at radius 3 is 2.57 bits per heavy atom. The van der Waals surface area contributed by atoms with Crippen LogP contribution in [0.2, 0.25) is 0 Å². The van der Waals surface area contributed by atoms with Gasteiger partial charge < -0.3 is 4.98 Å². The molecule has 0 saturated heterocycles. The largest absolute Gasteiger partial charge is 0.360 e. The van der Waals surface area contributed by atoms with Crippen LogP contribution in [0, 0.1) is 6.92 Å². The highest BCUT2D eigenvalue weighted by Crippen LogP contribution is 2.37. The molecule has 0 saturated carbocycles. The Bertz CT molecular complexity index is 912. The molecule has 114 valence electrons. The van der Waals surface area contributed by atoms with Crippen molar-refractivity contribution in [2.24, 2.45) is 0 Å². The lowest BCUT2D eigenvalue weighted by molar-refractivity contribution is 0.601. The molecule has 0 spiro atoms. The molecule has 0 radical (unpaired) electrons. The number of rotatable bonds is 2. The van der Waals surface area contributed by atoms with Crippen LogP contribution in [0.1, 0.15) is 30.0 Å². The Morgan fingerprint density at radius 1 is 1.00 bits per heavy atom. The number of aromatic amines is 1. The summed E-state index contributed by atoms with van der Waals surface area (Å²) in [5, 5.41) is 1.31. The van der Waals surface area contributed by atoms with Gasteiger partial charge in [0.1, 0.15) is 0 Å². The number of para-hydroxylation sites is 1. The van der Waals surface area contributed by atoms with Gasteiger partial charge in [0.05, 0.1) is 0 Å². The summed E-state index contributed by atoms with van der Waals surface area (Å²) in [4.78, 5) is 3.43. The zero-order valence-electron chi connectivity index (χ0n) is 13.6. The van der Waals surface area contributed by atoms with Crippen LogP contribution in [-0.4, -0.2) is 4.98 Å². The molecule has 0 bridgehead atoms. The lowest BCUT2D eigenvalue weighted by atomic mass is 9.75. The van der Waals surface area contributed by atoms with Crippen LogP contribution < -0.4 is 0 Å². The summed E-state index contributed by atoms with van der Waals surface area (Å²) < 4.78 is 0. The van der Waals surface area contributed by atoms with Crippen molar-refractivity contribution in [2.75, 3.05) is 0 Å². The van der Waals surface area contributed by atoms with Crippen LogP contribution in [0.5, 0.6) is 0 Å². The molecule has 1 nitrogen and oxygen atoms in total. The number of H-pyrrole nitrogens is 1. The lowest BCUT2D eigenvalue weighted by Gasteiger charge is -2.28. The summed E-state index contributed by atoms with van der Waals surface area (Å²) in [6.07, 6.45) is 10.2. The van der Waals surface area contributed by atoms with E-state index < -0.39 is 0 Å². The van der Waals surface area contributed by atoms with E-state index in [-0.39, 0.29) is 5.41 Å². The van der Waals surface area contributed by atoms with Crippen LogP contribution in [0.4, 0.5) is 0 Å². The van der Waals surface area contributed by atoms with Gasteiger partial charge in [-0.2, -0.15) is 0 Å². The van der Waals surface area contributed by atoms with Gasteiger partial charge in [0.25, 0.3) is 0 Å². The minimum absolute atomic E-state index is 0.0901. The zero-order valence-corrected chi connectivity index (χ0v) is 13.6. The van der Waals surface area contributed by atoms with Crippen LogP contribution in [0.15, 0.2) is 73.0 Å². The molecule has 1 aliphatic rings. The first-order chi connectivity index (χ1) is 11.2. The van der Waals surface area contributed by atoms with Crippen molar-refractivity contribution in [3.63, 3.8) is 0 Å². The van der Waals surface area contributed by atoms with Gasteiger partial charge >= 0.3 is 0 Å². The Kier molecular flexibility index (Phi) is 3.23. The van der Waals surface area contributed by atoms with Crippen LogP contribution in [0.3, 0.4) is 0 Å². The molecule has 1 aromatic heterocycles. The van der Waals surface area contributed by atoms with E-state index in [0.29, 0.717) is 0 Å². The van der Waals surface area contributed by atoms with Crippen LogP contribution in [-0.2, 0) is 5.41 Å². The Labute approximate surface area is 137 Å². The molecule has 0 amide bonds.